The lowest BCUT2D eigenvalue weighted by Crippen LogP contribution is -1.85. The van der Waals surface area contributed by atoms with Crippen molar-refractivity contribution in [2.24, 2.45) is 9.98 Å². The fourth-order valence-corrected chi connectivity index (χ4v) is 2.86. The minimum Gasteiger partial charge on any atom is -0.193 e. The van der Waals surface area contributed by atoms with Crippen molar-refractivity contribution >= 4 is 69.7 Å². The minimum absolute atomic E-state index is 0.486. The van der Waals surface area contributed by atoms with E-state index in [2.05, 4.69) is 44.7 Å². The Bertz CT molecular complexity index is 686. The Labute approximate surface area is 129 Å². The molecule has 0 unspecified atom stereocenters. The molecule has 8 heteroatoms. The van der Waals surface area contributed by atoms with Crippen LogP contribution in [0.15, 0.2) is 25.8 Å². The van der Waals surface area contributed by atoms with E-state index in [1.807, 2.05) is 10.8 Å². The van der Waals surface area contributed by atoms with Crippen LogP contribution in [-0.2, 0) is 0 Å². The highest BCUT2D eigenvalue weighted by Gasteiger charge is 2.17. The number of thiocyanates is 2. The molecule has 0 amide bonds. The predicted molar refractivity (Wildman–Crippen MR) is 83.5 cm³/mol. The van der Waals surface area contributed by atoms with E-state index in [0.29, 0.717) is 21.2 Å². The van der Waals surface area contributed by atoms with Gasteiger partial charge in [-0.1, -0.05) is 0 Å². The van der Waals surface area contributed by atoms with Gasteiger partial charge in [0.1, 0.15) is 10.8 Å². The molecule has 1 rings (SSSR count). The van der Waals surface area contributed by atoms with Crippen LogP contribution in [0.3, 0.4) is 0 Å². The SMILES string of the molecule is Cc1cc(N=C=S)c(SC#N)c(SC#N)c1N=C=S. The lowest BCUT2D eigenvalue weighted by Gasteiger charge is -2.10. The Morgan fingerprint density at radius 3 is 2.16 bits per heavy atom. The summed E-state index contributed by atoms with van der Waals surface area (Å²) in [6.45, 7) is 1.80. The van der Waals surface area contributed by atoms with Gasteiger partial charge in [0.25, 0.3) is 0 Å². The molecule has 0 heterocycles. The number of nitriles is 2. The predicted octanol–water partition coefficient (Wildman–Crippen LogP) is 4.61. The summed E-state index contributed by atoms with van der Waals surface area (Å²) in [4.78, 5) is 8.90. The fourth-order valence-electron chi connectivity index (χ4n) is 1.34. The third-order valence-corrected chi connectivity index (χ3v) is 3.71. The standard InChI is InChI=1S/C11H4N4S4/c1-7-2-8(14-5-16)10(18-3-12)11(19-4-13)9(7)15-6-17/h2H,1H3. The van der Waals surface area contributed by atoms with E-state index in [0.717, 1.165) is 29.1 Å². The van der Waals surface area contributed by atoms with E-state index in [4.69, 9.17) is 10.5 Å². The lowest BCUT2D eigenvalue weighted by atomic mass is 10.2. The molecule has 0 aliphatic heterocycles. The number of benzene rings is 1. The van der Waals surface area contributed by atoms with Crippen molar-refractivity contribution in [2.45, 2.75) is 16.7 Å². The van der Waals surface area contributed by atoms with Gasteiger partial charge in [-0.3, -0.25) is 0 Å². The number of hydrogen-bond donors (Lipinski definition) is 0. The monoisotopic (exact) mass is 320 g/mol. The average molecular weight is 320 g/mol. The summed E-state index contributed by atoms with van der Waals surface area (Å²) >= 11 is 11.0. The number of isothiocyanates is 2. The van der Waals surface area contributed by atoms with Crippen molar-refractivity contribution in [1.29, 1.82) is 10.5 Å². The van der Waals surface area contributed by atoms with Crippen LogP contribution in [0.2, 0.25) is 0 Å². The van der Waals surface area contributed by atoms with Gasteiger partial charge >= 0.3 is 0 Å². The summed E-state index contributed by atoms with van der Waals surface area (Å²) in [5.74, 6) is 0. The van der Waals surface area contributed by atoms with Crippen molar-refractivity contribution in [3.05, 3.63) is 11.6 Å². The number of aliphatic imine (C=N–C) groups is 2. The highest BCUT2D eigenvalue weighted by atomic mass is 32.2. The van der Waals surface area contributed by atoms with E-state index in [-0.39, 0.29) is 0 Å². The second-order valence-corrected chi connectivity index (χ2v) is 4.97. The van der Waals surface area contributed by atoms with Crippen LogP contribution in [0.25, 0.3) is 0 Å². The molecule has 0 aliphatic carbocycles. The maximum Gasteiger partial charge on any atom is 0.138 e. The van der Waals surface area contributed by atoms with Crippen LogP contribution in [0, 0.1) is 28.3 Å². The van der Waals surface area contributed by atoms with Crippen LogP contribution < -0.4 is 0 Å². The number of thioether (sulfide) groups is 2. The van der Waals surface area contributed by atoms with E-state index in [1.54, 1.807) is 13.0 Å². The molecule has 19 heavy (non-hydrogen) atoms. The van der Waals surface area contributed by atoms with Crippen LogP contribution in [0.5, 0.6) is 0 Å². The molecular formula is C11H4N4S4. The van der Waals surface area contributed by atoms with Crippen molar-refractivity contribution < 1.29 is 0 Å². The quantitative estimate of drug-likeness (QED) is 0.349. The first-order chi connectivity index (χ1) is 9.19. The number of nitrogens with zero attached hydrogens (tertiary/aromatic N) is 4. The molecule has 0 spiro atoms. The molecule has 0 N–H and O–H groups in total. The van der Waals surface area contributed by atoms with Crippen LogP contribution in [0.1, 0.15) is 5.56 Å². The second kappa shape index (κ2) is 7.83. The average Bonchev–Trinajstić information content (AvgIpc) is 2.38. The summed E-state index contributed by atoms with van der Waals surface area (Å²) in [5, 5.41) is 26.2. The summed E-state index contributed by atoms with van der Waals surface area (Å²) in [6, 6.07) is 1.71. The summed E-state index contributed by atoms with van der Waals surface area (Å²) in [6.07, 6.45) is 0. The van der Waals surface area contributed by atoms with E-state index in [1.165, 1.54) is 0 Å². The van der Waals surface area contributed by atoms with E-state index in [9.17, 15) is 0 Å². The molecule has 0 aliphatic rings. The second-order valence-electron chi connectivity index (χ2n) is 3.01. The smallest absolute Gasteiger partial charge is 0.138 e. The largest absolute Gasteiger partial charge is 0.193 e. The van der Waals surface area contributed by atoms with Crippen molar-refractivity contribution in [3.8, 4) is 10.8 Å². The number of hydrogen-bond acceptors (Lipinski definition) is 8. The van der Waals surface area contributed by atoms with Crippen LogP contribution in [-0.4, -0.2) is 10.3 Å². The molecular weight excluding hydrogens is 316 g/mol. The van der Waals surface area contributed by atoms with Gasteiger partial charge in [0.2, 0.25) is 0 Å². The maximum absolute atomic E-state index is 8.88. The van der Waals surface area contributed by atoms with Gasteiger partial charge in [-0.05, 0) is 66.5 Å². The summed E-state index contributed by atoms with van der Waals surface area (Å²) in [5.41, 5.74) is 1.77. The Morgan fingerprint density at radius 2 is 1.63 bits per heavy atom. The Hall–Kier alpha value is -1.50. The number of thiocarbonyl (C=S) groups is 2. The van der Waals surface area contributed by atoms with Crippen molar-refractivity contribution in [2.75, 3.05) is 0 Å². The zero-order valence-electron chi connectivity index (χ0n) is 9.50. The van der Waals surface area contributed by atoms with Crippen molar-refractivity contribution in [1.82, 2.24) is 0 Å². The molecule has 92 valence electrons. The van der Waals surface area contributed by atoms with Gasteiger partial charge in [-0.2, -0.15) is 20.5 Å². The first kappa shape index (κ1) is 15.6. The Kier molecular flexibility index (Phi) is 6.41. The zero-order chi connectivity index (χ0) is 14.3. The van der Waals surface area contributed by atoms with Crippen molar-refractivity contribution in [3.63, 3.8) is 0 Å². The third-order valence-electron chi connectivity index (χ3n) is 2.00. The minimum atomic E-state index is 0.486. The molecule has 0 aromatic heterocycles. The van der Waals surface area contributed by atoms with Gasteiger partial charge < -0.3 is 0 Å². The first-order valence-corrected chi connectivity index (χ1v) is 7.09. The molecule has 0 radical (unpaired) electrons. The van der Waals surface area contributed by atoms with Gasteiger partial charge in [0.05, 0.1) is 31.5 Å². The van der Waals surface area contributed by atoms with Gasteiger partial charge in [0, 0.05) is 0 Å². The molecule has 0 saturated carbocycles. The third kappa shape index (κ3) is 3.73. The first-order valence-electron chi connectivity index (χ1n) is 4.64. The molecule has 1 aromatic rings. The summed E-state index contributed by atoms with van der Waals surface area (Å²) in [7, 11) is 0. The highest BCUT2D eigenvalue weighted by molar-refractivity contribution is 8.06. The molecule has 0 fully saturated rings. The zero-order valence-corrected chi connectivity index (χ0v) is 12.8. The van der Waals surface area contributed by atoms with Gasteiger partial charge in [-0.25, -0.2) is 0 Å². The fraction of sp³-hybridized carbons (Fsp3) is 0.0909. The summed E-state index contributed by atoms with van der Waals surface area (Å²) < 4.78 is 0. The number of aryl methyl sites for hydroxylation is 1. The van der Waals surface area contributed by atoms with E-state index >= 15 is 0 Å². The van der Waals surface area contributed by atoms with Crippen LogP contribution in [0.4, 0.5) is 11.4 Å². The molecule has 1 aromatic carbocycles. The maximum atomic E-state index is 8.88. The Morgan fingerprint density at radius 1 is 1.05 bits per heavy atom. The van der Waals surface area contributed by atoms with E-state index < -0.39 is 0 Å². The lowest BCUT2D eigenvalue weighted by molar-refractivity contribution is 1.18. The topological polar surface area (TPSA) is 72.3 Å². The molecule has 0 saturated heterocycles. The number of rotatable bonds is 4. The van der Waals surface area contributed by atoms with Gasteiger partial charge in [-0.15, -0.1) is 0 Å². The molecule has 0 atom stereocenters. The normalized spacial score (nSPS) is 8.58. The molecule has 4 nitrogen and oxygen atoms in total. The highest BCUT2D eigenvalue weighted by Crippen LogP contribution is 2.45. The van der Waals surface area contributed by atoms with Crippen LogP contribution >= 0.6 is 48.0 Å². The Balaban J connectivity index is 3.75. The molecule has 0 bridgehead atoms. The van der Waals surface area contributed by atoms with Gasteiger partial charge in [0.15, 0.2) is 0 Å².